The van der Waals surface area contributed by atoms with E-state index in [0.29, 0.717) is 5.82 Å². The van der Waals surface area contributed by atoms with E-state index in [1.807, 2.05) is 13.8 Å². The second-order valence-corrected chi connectivity index (χ2v) is 6.22. The van der Waals surface area contributed by atoms with Crippen LogP contribution in [0.5, 0.6) is 0 Å². The van der Waals surface area contributed by atoms with Gasteiger partial charge in [0.25, 0.3) is 10.0 Å². The van der Waals surface area contributed by atoms with Gasteiger partial charge in [-0.15, -0.1) is 0 Å². The minimum atomic E-state index is -3.78. The quantitative estimate of drug-likeness (QED) is 0.940. The molecule has 0 aromatic carbocycles. The molecule has 1 N–H and O–H groups in total. The minimum Gasteiger partial charge on any atom is -0.263 e. The zero-order valence-corrected chi connectivity index (χ0v) is 12.0. The van der Waals surface area contributed by atoms with Gasteiger partial charge in [-0.2, -0.15) is 5.10 Å². The lowest BCUT2D eigenvalue weighted by atomic mass is 10.4. The molecule has 0 aliphatic rings. The number of hydrogen-bond acceptors (Lipinski definition) is 4. The average molecular weight is 301 g/mol. The first-order valence-corrected chi connectivity index (χ1v) is 7.44. The molecule has 0 amide bonds. The van der Waals surface area contributed by atoms with Crippen LogP contribution in [0.3, 0.4) is 0 Å². The van der Waals surface area contributed by atoms with E-state index in [9.17, 15) is 8.42 Å². The second-order valence-electron chi connectivity index (χ2n) is 4.17. The number of halogens is 1. The molecule has 8 heteroatoms. The highest BCUT2D eigenvalue weighted by Crippen LogP contribution is 2.23. The first kappa shape index (κ1) is 13.8. The Balaban J connectivity index is 2.37. The maximum atomic E-state index is 12.2. The number of sulfonamides is 1. The monoisotopic (exact) mass is 300 g/mol. The van der Waals surface area contributed by atoms with E-state index in [1.165, 1.54) is 24.7 Å². The normalized spacial score (nSPS) is 11.8. The van der Waals surface area contributed by atoms with Crippen molar-refractivity contribution in [3.8, 4) is 0 Å². The van der Waals surface area contributed by atoms with Crippen molar-refractivity contribution in [2.24, 2.45) is 0 Å². The molecule has 0 unspecified atom stereocenters. The Morgan fingerprint density at radius 1 is 1.32 bits per heavy atom. The molecule has 0 aliphatic carbocycles. The molecule has 0 aliphatic heterocycles. The van der Waals surface area contributed by atoms with E-state index in [0.717, 1.165) is 0 Å². The summed E-state index contributed by atoms with van der Waals surface area (Å²) in [6.45, 7) is 3.81. The van der Waals surface area contributed by atoms with Gasteiger partial charge >= 0.3 is 0 Å². The molecule has 2 heterocycles. The first-order valence-electron chi connectivity index (χ1n) is 5.57. The summed E-state index contributed by atoms with van der Waals surface area (Å²) >= 11 is 5.87. The minimum absolute atomic E-state index is 0.0390. The molecule has 0 fully saturated rings. The third kappa shape index (κ3) is 2.87. The van der Waals surface area contributed by atoms with Crippen LogP contribution in [0.4, 0.5) is 5.82 Å². The number of hydrogen-bond donors (Lipinski definition) is 1. The van der Waals surface area contributed by atoms with E-state index in [2.05, 4.69) is 14.8 Å². The van der Waals surface area contributed by atoms with Gasteiger partial charge in [-0.3, -0.25) is 9.71 Å². The summed E-state index contributed by atoms with van der Waals surface area (Å²) < 4.78 is 28.5. The van der Waals surface area contributed by atoms with E-state index >= 15 is 0 Å². The number of anilines is 1. The Labute approximate surface area is 116 Å². The molecule has 102 valence electrons. The molecule has 19 heavy (non-hydrogen) atoms. The van der Waals surface area contributed by atoms with Gasteiger partial charge in [0.1, 0.15) is 10.7 Å². The Morgan fingerprint density at radius 2 is 2.05 bits per heavy atom. The Kier molecular flexibility index (Phi) is 3.77. The molecule has 0 bridgehead atoms. The van der Waals surface area contributed by atoms with Crippen LogP contribution in [-0.4, -0.2) is 23.2 Å². The average Bonchev–Trinajstić information content (AvgIpc) is 2.76. The second kappa shape index (κ2) is 5.18. The fourth-order valence-corrected chi connectivity index (χ4v) is 3.04. The fourth-order valence-electron chi connectivity index (χ4n) is 1.56. The van der Waals surface area contributed by atoms with Gasteiger partial charge in [-0.1, -0.05) is 11.6 Å². The topological polar surface area (TPSA) is 76.9 Å². The fraction of sp³-hybridized carbons (Fsp3) is 0.273. The van der Waals surface area contributed by atoms with Gasteiger partial charge in [-0.25, -0.2) is 13.1 Å². The van der Waals surface area contributed by atoms with Gasteiger partial charge in [0, 0.05) is 24.5 Å². The van der Waals surface area contributed by atoms with Crippen LogP contribution in [-0.2, 0) is 10.0 Å². The van der Waals surface area contributed by atoms with Gasteiger partial charge < -0.3 is 0 Å². The molecule has 0 saturated carbocycles. The third-order valence-electron chi connectivity index (χ3n) is 2.42. The Bertz CT molecular complexity index is 682. The van der Waals surface area contributed by atoms with Gasteiger partial charge in [0.05, 0.1) is 11.2 Å². The molecule has 2 aromatic heterocycles. The molecule has 2 rings (SSSR count). The zero-order chi connectivity index (χ0) is 14.0. The summed E-state index contributed by atoms with van der Waals surface area (Å²) in [4.78, 5) is 3.71. The summed E-state index contributed by atoms with van der Waals surface area (Å²) in [6.07, 6.45) is 4.17. The van der Waals surface area contributed by atoms with Crippen molar-refractivity contribution < 1.29 is 8.42 Å². The summed E-state index contributed by atoms with van der Waals surface area (Å²) in [7, 11) is -3.78. The van der Waals surface area contributed by atoms with Crippen molar-refractivity contribution in [2.45, 2.75) is 24.8 Å². The van der Waals surface area contributed by atoms with Crippen LogP contribution < -0.4 is 4.72 Å². The van der Waals surface area contributed by atoms with Crippen molar-refractivity contribution in [1.29, 1.82) is 0 Å². The largest absolute Gasteiger partial charge is 0.266 e. The van der Waals surface area contributed by atoms with Crippen LogP contribution in [0.1, 0.15) is 19.9 Å². The van der Waals surface area contributed by atoms with E-state index in [-0.39, 0.29) is 16.0 Å². The summed E-state index contributed by atoms with van der Waals surface area (Å²) in [5.74, 6) is 0.384. The maximum absolute atomic E-state index is 12.2. The zero-order valence-electron chi connectivity index (χ0n) is 10.4. The van der Waals surface area contributed by atoms with Crippen molar-refractivity contribution in [2.75, 3.05) is 4.72 Å². The highest BCUT2D eigenvalue weighted by molar-refractivity contribution is 7.92. The lowest BCUT2D eigenvalue weighted by Gasteiger charge is -2.13. The summed E-state index contributed by atoms with van der Waals surface area (Å²) in [5, 5.41) is 4.18. The molecule has 0 saturated heterocycles. The van der Waals surface area contributed by atoms with E-state index < -0.39 is 10.0 Å². The van der Waals surface area contributed by atoms with Crippen LogP contribution in [0.25, 0.3) is 0 Å². The van der Waals surface area contributed by atoms with E-state index in [4.69, 9.17) is 11.6 Å². The smallest absolute Gasteiger partial charge is 0.263 e. The number of rotatable bonds is 4. The Morgan fingerprint density at radius 3 is 2.68 bits per heavy atom. The molecular formula is C11H13ClN4O2S. The lowest BCUT2D eigenvalue weighted by molar-refractivity contribution is 0.539. The van der Waals surface area contributed by atoms with Crippen molar-refractivity contribution >= 4 is 27.4 Å². The van der Waals surface area contributed by atoms with Crippen LogP contribution in [0.15, 0.2) is 35.6 Å². The lowest BCUT2D eigenvalue weighted by Crippen LogP contribution is -2.17. The van der Waals surface area contributed by atoms with Crippen molar-refractivity contribution in [1.82, 2.24) is 14.8 Å². The molecular weight excluding hydrogens is 288 g/mol. The molecule has 6 nitrogen and oxygen atoms in total. The van der Waals surface area contributed by atoms with Gasteiger partial charge in [0.2, 0.25) is 0 Å². The van der Waals surface area contributed by atoms with Gasteiger partial charge in [0.15, 0.2) is 0 Å². The number of nitrogens with one attached hydrogen (secondary N) is 1. The predicted octanol–water partition coefficient (Wildman–Crippen LogP) is 2.31. The van der Waals surface area contributed by atoms with Crippen LogP contribution in [0.2, 0.25) is 5.02 Å². The van der Waals surface area contributed by atoms with Crippen molar-refractivity contribution in [3.63, 3.8) is 0 Å². The number of nitrogens with zero attached hydrogens (tertiary/aromatic N) is 3. The van der Waals surface area contributed by atoms with Crippen LogP contribution >= 0.6 is 11.6 Å². The predicted molar refractivity (Wildman–Crippen MR) is 72.7 cm³/mol. The van der Waals surface area contributed by atoms with Crippen LogP contribution in [0, 0.1) is 0 Å². The SMILES string of the molecule is CC(C)n1nccc1NS(=O)(=O)c1cnccc1Cl. The third-order valence-corrected chi connectivity index (χ3v) is 4.25. The van der Waals surface area contributed by atoms with Crippen molar-refractivity contribution in [3.05, 3.63) is 35.7 Å². The summed E-state index contributed by atoms with van der Waals surface area (Å²) in [6, 6.07) is 3.05. The highest BCUT2D eigenvalue weighted by Gasteiger charge is 2.20. The molecule has 0 radical (unpaired) electrons. The number of pyridine rings is 1. The van der Waals surface area contributed by atoms with Gasteiger partial charge in [-0.05, 0) is 19.9 Å². The Hall–Kier alpha value is -1.60. The molecule has 0 spiro atoms. The van der Waals surface area contributed by atoms with E-state index in [1.54, 1.807) is 10.7 Å². The maximum Gasteiger partial charge on any atom is 0.266 e. The highest BCUT2D eigenvalue weighted by atomic mass is 35.5. The molecule has 2 aromatic rings. The number of aromatic nitrogens is 3. The standard InChI is InChI=1S/C11H13ClN4O2S/c1-8(2)16-11(4-6-14-16)15-19(17,18)10-7-13-5-3-9(10)12/h3-8,15H,1-2H3. The molecule has 0 atom stereocenters. The summed E-state index contributed by atoms with van der Waals surface area (Å²) in [5.41, 5.74) is 0. The first-order chi connectivity index (χ1) is 8.92.